The van der Waals surface area contributed by atoms with Crippen LogP contribution in [-0.4, -0.2) is 19.1 Å². The molecule has 0 bridgehead atoms. The first-order chi connectivity index (χ1) is 28.0. The molecule has 0 atom stereocenters. The maximum absolute atomic E-state index is 9.18. The van der Waals surface area contributed by atoms with Crippen molar-refractivity contribution >= 4 is 32.8 Å². The standard InChI is InChI=1S/C52H55N5O.Pt/c1-49(2,3)30-34-17-20-45-47(23-34)56(33-55(45)38-25-36(51(7,8)9)24-37(26-38)52(10,11)12)39-28-41(32-53-31-39)58-40-18-19-43-42-15-13-14-16-44(42)57(46(43)29-40)48-27-35(21-22-54-48)50(4,5)6;/h13-27,31-32H,30H2,1-12H3;/q-2;/i30D2;. The molecule has 4 aromatic heterocycles. The minimum absolute atomic E-state index is 0. The van der Waals surface area contributed by atoms with Gasteiger partial charge in [0.25, 0.3) is 6.33 Å². The summed E-state index contributed by atoms with van der Waals surface area (Å²) in [6, 6.07) is 36.2. The summed E-state index contributed by atoms with van der Waals surface area (Å²) in [5, 5.41) is 2.15. The zero-order valence-corrected chi connectivity index (χ0v) is 38.5. The van der Waals surface area contributed by atoms with Crippen LogP contribution in [0.3, 0.4) is 0 Å². The Morgan fingerprint density at radius 2 is 1.37 bits per heavy atom. The number of fused-ring (bicyclic) bond motifs is 4. The van der Waals surface area contributed by atoms with Gasteiger partial charge in [0.2, 0.25) is 0 Å². The van der Waals surface area contributed by atoms with Crippen molar-refractivity contribution < 1.29 is 33.1 Å². The fraction of sp³-hybridized carbons (Fsp3) is 0.327. The van der Waals surface area contributed by atoms with Gasteiger partial charge in [-0.25, -0.2) is 4.98 Å². The molecular weight excluding hydrogens is 906 g/mol. The number of rotatable bonds is 6. The van der Waals surface area contributed by atoms with Crippen LogP contribution >= 0.6 is 0 Å². The number of aromatic nitrogens is 5. The van der Waals surface area contributed by atoms with E-state index in [1.807, 2.05) is 61.9 Å². The molecule has 0 unspecified atom stereocenters. The number of nitrogens with zero attached hydrogens (tertiary/aromatic N) is 5. The van der Waals surface area contributed by atoms with E-state index in [2.05, 4.69) is 149 Å². The predicted molar refractivity (Wildman–Crippen MR) is 237 cm³/mol. The third-order valence-corrected chi connectivity index (χ3v) is 10.6. The first kappa shape index (κ1) is 39.4. The smallest absolute Gasteiger partial charge is 0.268 e. The van der Waals surface area contributed by atoms with Gasteiger partial charge in [0.1, 0.15) is 5.82 Å². The minimum atomic E-state index is -1.61. The Morgan fingerprint density at radius 3 is 2.05 bits per heavy atom. The fourth-order valence-corrected chi connectivity index (χ4v) is 7.43. The molecule has 0 saturated carbocycles. The van der Waals surface area contributed by atoms with Crippen molar-refractivity contribution in [3.63, 3.8) is 0 Å². The van der Waals surface area contributed by atoms with Crippen LogP contribution in [0.1, 0.15) is 108 Å². The van der Waals surface area contributed by atoms with Crippen molar-refractivity contribution in [1.29, 1.82) is 0 Å². The van der Waals surface area contributed by atoms with Crippen molar-refractivity contribution in [2.45, 2.75) is 106 Å². The van der Waals surface area contributed by atoms with Gasteiger partial charge in [-0.1, -0.05) is 137 Å². The number of ether oxygens (including phenoxy) is 1. The number of imidazole rings is 1. The number of para-hydroxylation sites is 1. The number of benzene rings is 4. The largest absolute Gasteiger partial charge is 0.508 e. The summed E-state index contributed by atoms with van der Waals surface area (Å²) in [5.74, 6) is 1.74. The molecule has 7 heteroatoms. The molecular formula is C52H55N5OPt-2. The topological polar surface area (TPSA) is 48.8 Å². The van der Waals surface area contributed by atoms with Crippen molar-refractivity contribution in [1.82, 2.24) is 19.1 Å². The normalized spacial score (nSPS) is 13.4. The van der Waals surface area contributed by atoms with E-state index >= 15 is 0 Å². The van der Waals surface area contributed by atoms with Gasteiger partial charge in [-0.15, -0.1) is 23.6 Å². The molecule has 0 N–H and O–H groups in total. The maximum Gasteiger partial charge on any atom is 0.268 e. The number of hydrogen-bond acceptors (Lipinski definition) is 3. The quantitative estimate of drug-likeness (QED) is 0.123. The van der Waals surface area contributed by atoms with E-state index in [4.69, 9.17) is 9.72 Å². The zero-order chi connectivity index (χ0) is 43.2. The summed E-state index contributed by atoms with van der Waals surface area (Å²) < 4.78 is 31.0. The summed E-state index contributed by atoms with van der Waals surface area (Å²) in [7, 11) is 0. The molecule has 0 aliphatic rings. The van der Waals surface area contributed by atoms with Gasteiger partial charge in [0.15, 0.2) is 0 Å². The third-order valence-electron chi connectivity index (χ3n) is 10.6. The van der Waals surface area contributed by atoms with Crippen LogP contribution in [0, 0.1) is 23.9 Å². The molecule has 0 aliphatic heterocycles. The summed E-state index contributed by atoms with van der Waals surface area (Å²) in [4.78, 5) is 9.46. The van der Waals surface area contributed by atoms with Crippen molar-refractivity contribution in [3.05, 3.63) is 144 Å². The van der Waals surface area contributed by atoms with Gasteiger partial charge in [-0.2, -0.15) is 6.07 Å². The average molecular weight is 963 g/mol. The molecule has 6 nitrogen and oxygen atoms in total. The van der Waals surface area contributed by atoms with E-state index in [-0.39, 0.29) is 37.3 Å². The fourth-order valence-electron chi connectivity index (χ4n) is 7.43. The summed E-state index contributed by atoms with van der Waals surface area (Å²) in [6.07, 6.45) is 7.29. The van der Waals surface area contributed by atoms with Gasteiger partial charge in [-0.05, 0) is 98.4 Å². The van der Waals surface area contributed by atoms with Crippen LogP contribution in [-0.2, 0) is 43.7 Å². The Bertz CT molecular complexity index is 2900. The second-order valence-corrected chi connectivity index (χ2v) is 19.6. The van der Waals surface area contributed by atoms with Gasteiger partial charge in [0, 0.05) is 47.0 Å². The van der Waals surface area contributed by atoms with Crippen LogP contribution in [0.4, 0.5) is 0 Å². The molecule has 0 aliphatic carbocycles. The molecule has 0 fully saturated rings. The van der Waals surface area contributed by atoms with E-state index < -0.39 is 11.8 Å². The number of hydrogen-bond donors (Lipinski definition) is 0. The molecule has 4 aromatic carbocycles. The monoisotopic (exact) mass is 962 g/mol. The van der Waals surface area contributed by atoms with Gasteiger partial charge < -0.3 is 18.9 Å². The molecule has 306 valence electrons. The maximum atomic E-state index is 9.18. The molecule has 8 rings (SSSR count). The van der Waals surface area contributed by atoms with E-state index in [0.717, 1.165) is 44.3 Å². The molecule has 0 radical (unpaired) electrons. The first-order valence-corrected chi connectivity index (χ1v) is 20.2. The van der Waals surface area contributed by atoms with E-state index in [0.29, 0.717) is 22.7 Å². The van der Waals surface area contributed by atoms with Crippen molar-refractivity contribution in [2.24, 2.45) is 5.41 Å². The van der Waals surface area contributed by atoms with E-state index in [9.17, 15) is 2.74 Å². The van der Waals surface area contributed by atoms with Gasteiger partial charge >= 0.3 is 0 Å². The SMILES string of the molecule is [2H]C([2H])(c1ccc2c(c1)n(-c1[c-]c(Oc3[c-]c4c(cc3)c3ccccc3n4-c3cc(C(C)(C)C)ccn3)cnc1)[c-][n+]2-c1cc(C(C)(C)C)cc(C(C)(C)C)c1)C(C)(C)C.[Pt]. The second-order valence-electron chi connectivity index (χ2n) is 19.6. The summed E-state index contributed by atoms with van der Waals surface area (Å²) in [5.41, 5.74) is 8.49. The zero-order valence-electron chi connectivity index (χ0n) is 38.3. The Morgan fingerprint density at radius 1 is 0.678 bits per heavy atom. The van der Waals surface area contributed by atoms with Crippen LogP contribution in [0.15, 0.2) is 104 Å². The molecule has 8 aromatic rings. The predicted octanol–water partition coefficient (Wildman–Crippen LogP) is 12.5. The van der Waals surface area contributed by atoms with Crippen molar-refractivity contribution in [2.75, 3.05) is 0 Å². The molecule has 0 spiro atoms. The van der Waals surface area contributed by atoms with Crippen LogP contribution in [0.25, 0.3) is 50.0 Å². The molecule has 59 heavy (non-hydrogen) atoms. The first-order valence-electron chi connectivity index (χ1n) is 21.2. The Hall–Kier alpha value is -5.06. The van der Waals surface area contributed by atoms with Crippen LogP contribution in [0.2, 0.25) is 0 Å². The van der Waals surface area contributed by atoms with Gasteiger partial charge in [-0.3, -0.25) is 4.57 Å². The average Bonchev–Trinajstić information content (AvgIpc) is 3.72. The number of pyridine rings is 2. The Kier molecular flexibility index (Phi) is 10.1. The molecule has 0 amide bonds. The van der Waals surface area contributed by atoms with Crippen LogP contribution < -0.4 is 9.30 Å². The van der Waals surface area contributed by atoms with Crippen molar-refractivity contribution in [3.8, 4) is 28.7 Å². The van der Waals surface area contributed by atoms with E-state index in [1.54, 1.807) is 12.4 Å². The van der Waals surface area contributed by atoms with E-state index in [1.165, 1.54) is 16.7 Å². The summed E-state index contributed by atoms with van der Waals surface area (Å²) >= 11 is 0. The van der Waals surface area contributed by atoms with Gasteiger partial charge in [0.05, 0.1) is 16.7 Å². The Balaban J connectivity index is 0.00000561. The molecule has 4 heterocycles. The Labute approximate surface area is 367 Å². The second kappa shape index (κ2) is 15.2. The minimum Gasteiger partial charge on any atom is -0.508 e. The summed E-state index contributed by atoms with van der Waals surface area (Å²) in [6.45, 7) is 25.8. The third kappa shape index (κ3) is 8.52. The molecule has 0 saturated heterocycles. The van der Waals surface area contributed by atoms with Crippen LogP contribution in [0.5, 0.6) is 11.5 Å².